The third-order valence-corrected chi connectivity index (χ3v) is 9.90. The van der Waals surface area contributed by atoms with E-state index in [-0.39, 0.29) is 34.7 Å². The summed E-state index contributed by atoms with van der Waals surface area (Å²) < 4.78 is 36.8. The number of halogens is 3. The van der Waals surface area contributed by atoms with Gasteiger partial charge in [-0.25, -0.2) is 13.6 Å². The highest BCUT2D eigenvalue weighted by atomic mass is 35.5. The molecule has 222 valence electrons. The number of carbonyl (C=O) groups excluding carboxylic acids is 1. The Hall–Kier alpha value is -2.99. The maximum atomic E-state index is 15.1. The van der Waals surface area contributed by atoms with Crippen LogP contribution in [0.25, 0.3) is 22.0 Å². The van der Waals surface area contributed by atoms with Crippen LogP contribution in [0, 0.1) is 11.6 Å². The lowest BCUT2D eigenvalue weighted by atomic mass is 10.0. The molecule has 3 aromatic rings. The molecule has 2 fully saturated rings. The van der Waals surface area contributed by atoms with Crippen molar-refractivity contribution in [2.24, 2.45) is 0 Å². The van der Waals surface area contributed by atoms with Crippen LogP contribution < -0.4 is 10.6 Å². The van der Waals surface area contributed by atoms with Gasteiger partial charge in [0.1, 0.15) is 17.5 Å². The van der Waals surface area contributed by atoms with E-state index in [1.54, 1.807) is 15.5 Å². The lowest BCUT2D eigenvalue weighted by Crippen LogP contribution is -2.54. The molecule has 0 saturated carbocycles. The van der Waals surface area contributed by atoms with Crippen LogP contribution in [0.3, 0.4) is 0 Å². The zero-order valence-electron chi connectivity index (χ0n) is 23.5. The average molecular weight is 616 g/mol. The Labute approximate surface area is 251 Å². The SMILES string of the molecule is C=CC(=O)N1CCN(c2nc(=O)n3c4c(c(-c5ccc(F)cc5F)c(Cl)cc24)SC[C@H]3COC2CN(CC)C2)[C@@H](C)C1. The first-order valence-electron chi connectivity index (χ1n) is 14.1. The third-order valence-electron chi connectivity index (χ3n) is 8.36. The Morgan fingerprint density at radius 3 is 2.71 bits per heavy atom. The number of ether oxygens (including phenoxy) is 1. The largest absolute Gasteiger partial charge is 0.373 e. The smallest absolute Gasteiger partial charge is 0.350 e. The van der Waals surface area contributed by atoms with Crippen molar-refractivity contribution in [2.45, 2.75) is 36.9 Å². The molecule has 0 radical (unpaired) electrons. The maximum Gasteiger partial charge on any atom is 0.350 e. The van der Waals surface area contributed by atoms with Gasteiger partial charge in [0.2, 0.25) is 5.91 Å². The molecule has 4 heterocycles. The summed E-state index contributed by atoms with van der Waals surface area (Å²) >= 11 is 8.36. The van der Waals surface area contributed by atoms with E-state index in [1.807, 2.05) is 11.8 Å². The standard InChI is InChI=1S/C30H32ClF2N5O3S/c1-4-25(39)36-8-9-37(17(3)12-36)29-22-11-23(31)26(21-7-6-18(32)10-24(21)33)28-27(22)38(30(40)34-29)19(16-42-28)15-41-20-13-35(5-2)14-20/h4,6-7,10-11,17,19-20H,1,5,8-9,12-16H2,2-3H3/t17-,19+/m0/s1. The summed E-state index contributed by atoms with van der Waals surface area (Å²) in [5.41, 5.74) is 0.764. The van der Waals surface area contributed by atoms with Crippen LogP contribution in [0.1, 0.15) is 19.9 Å². The number of nitrogens with zero attached hydrogens (tertiary/aromatic N) is 5. The van der Waals surface area contributed by atoms with E-state index in [0.717, 1.165) is 25.7 Å². The Balaban J connectivity index is 1.48. The summed E-state index contributed by atoms with van der Waals surface area (Å²) in [6.07, 6.45) is 1.41. The second-order valence-corrected chi connectivity index (χ2v) is 12.4. The van der Waals surface area contributed by atoms with E-state index in [4.69, 9.17) is 16.3 Å². The predicted octanol–water partition coefficient (Wildman–Crippen LogP) is 4.59. The first-order chi connectivity index (χ1) is 20.2. The maximum absolute atomic E-state index is 15.1. The van der Waals surface area contributed by atoms with Crippen LogP contribution >= 0.6 is 23.4 Å². The monoisotopic (exact) mass is 615 g/mol. The van der Waals surface area contributed by atoms with Gasteiger partial charge in [-0.3, -0.25) is 14.3 Å². The first kappa shape index (κ1) is 29.1. The van der Waals surface area contributed by atoms with Gasteiger partial charge < -0.3 is 14.5 Å². The third kappa shape index (κ3) is 5.10. The molecule has 2 atom stereocenters. The highest BCUT2D eigenvalue weighted by Gasteiger charge is 2.35. The van der Waals surface area contributed by atoms with Crippen LogP contribution in [0.5, 0.6) is 0 Å². The molecule has 0 N–H and O–H groups in total. The topological polar surface area (TPSA) is 70.9 Å². The van der Waals surface area contributed by atoms with Crippen molar-refractivity contribution in [1.82, 2.24) is 19.4 Å². The molecule has 3 aliphatic heterocycles. The predicted molar refractivity (Wildman–Crippen MR) is 162 cm³/mol. The van der Waals surface area contributed by atoms with E-state index in [1.165, 1.54) is 30.0 Å². The van der Waals surface area contributed by atoms with Crippen LogP contribution in [-0.4, -0.2) is 89.0 Å². The van der Waals surface area contributed by atoms with E-state index in [0.29, 0.717) is 59.2 Å². The van der Waals surface area contributed by atoms with E-state index < -0.39 is 17.3 Å². The van der Waals surface area contributed by atoms with Crippen LogP contribution in [0.4, 0.5) is 14.6 Å². The van der Waals surface area contributed by atoms with Gasteiger partial charge in [-0.2, -0.15) is 4.98 Å². The Bertz CT molecular complexity index is 1630. The molecular formula is C30H32ClF2N5O3S. The molecule has 0 bridgehead atoms. The second kappa shape index (κ2) is 11.6. The molecule has 1 amide bonds. The summed E-state index contributed by atoms with van der Waals surface area (Å²) in [4.78, 5) is 37.3. The summed E-state index contributed by atoms with van der Waals surface area (Å²) in [5.74, 6) is -0.589. The van der Waals surface area contributed by atoms with Gasteiger partial charge in [0, 0.05) is 72.0 Å². The fourth-order valence-corrected chi connectivity index (χ4v) is 7.75. The summed E-state index contributed by atoms with van der Waals surface area (Å²) in [6, 6.07) is 4.70. The molecule has 42 heavy (non-hydrogen) atoms. The molecule has 12 heteroatoms. The fourth-order valence-electron chi connectivity index (χ4n) is 6.08. The van der Waals surface area contributed by atoms with E-state index in [9.17, 15) is 14.0 Å². The lowest BCUT2D eigenvalue weighted by Gasteiger charge is -2.41. The number of piperazine rings is 1. The number of thioether (sulfide) groups is 1. The number of hydrogen-bond donors (Lipinski definition) is 0. The van der Waals surface area contributed by atoms with Crippen LogP contribution in [0.2, 0.25) is 5.02 Å². The van der Waals surface area contributed by atoms with Crippen molar-refractivity contribution in [3.63, 3.8) is 0 Å². The van der Waals surface area contributed by atoms with Crippen molar-refractivity contribution in [2.75, 3.05) is 56.5 Å². The molecule has 6 rings (SSSR count). The number of aromatic nitrogens is 2. The summed E-state index contributed by atoms with van der Waals surface area (Å²) in [6.45, 7) is 12.0. The summed E-state index contributed by atoms with van der Waals surface area (Å²) in [7, 11) is 0. The molecule has 0 unspecified atom stereocenters. The zero-order valence-corrected chi connectivity index (χ0v) is 25.1. The van der Waals surface area contributed by atoms with Crippen molar-refractivity contribution in [1.29, 1.82) is 0 Å². The van der Waals surface area contributed by atoms with E-state index >= 15 is 4.39 Å². The number of carbonyl (C=O) groups is 1. The van der Waals surface area contributed by atoms with Crippen LogP contribution in [0.15, 0.2) is 46.6 Å². The molecule has 8 nitrogen and oxygen atoms in total. The number of anilines is 1. The van der Waals surface area contributed by atoms with Gasteiger partial charge in [-0.15, -0.1) is 11.8 Å². The molecule has 2 aromatic carbocycles. The Morgan fingerprint density at radius 2 is 2.02 bits per heavy atom. The average Bonchev–Trinajstić information content (AvgIpc) is 2.94. The van der Waals surface area contributed by atoms with Gasteiger partial charge in [0.15, 0.2) is 0 Å². The summed E-state index contributed by atoms with van der Waals surface area (Å²) in [5, 5.41) is 0.940. The number of likely N-dealkylation sites (N-methyl/N-ethyl adjacent to an activating group) is 1. The van der Waals surface area contributed by atoms with Crippen LogP contribution in [-0.2, 0) is 9.53 Å². The quantitative estimate of drug-likeness (QED) is 0.360. The van der Waals surface area contributed by atoms with Gasteiger partial charge >= 0.3 is 5.69 Å². The zero-order chi connectivity index (χ0) is 29.7. The number of likely N-dealkylation sites (tertiary alicyclic amines) is 1. The Morgan fingerprint density at radius 1 is 1.24 bits per heavy atom. The number of rotatable bonds is 7. The Kier molecular flexibility index (Phi) is 8.03. The molecule has 2 saturated heterocycles. The highest BCUT2D eigenvalue weighted by molar-refractivity contribution is 7.99. The minimum atomic E-state index is -0.733. The molecular weight excluding hydrogens is 584 g/mol. The van der Waals surface area contributed by atoms with Crippen molar-refractivity contribution in [3.8, 4) is 11.1 Å². The van der Waals surface area contributed by atoms with Crippen molar-refractivity contribution >= 4 is 46.0 Å². The molecule has 3 aliphatic rings. The number of benzene rings is 2. The lowest BCUT2D eigenvalue weighted by molar-refractivity contribution is -0.126. The minimum Gasteiger partial charge on any atom is -0.373 e. The van der Waals surface area contributed by atoms with Gasteiger partial charge in [-0.05, 0) is 37.7 Å². The second-order valence-electron chi connectivity index (χ2n) is 11.0. The molecule has 0 aliphatic carbocycles. The number of hydrogen-bond acceptors (Lipinski definition) is 7. The number of amides is 1. The minimum absolute atomic E-state index is 0.110. The highest BCUT2D eigenvalue weighted by Crippen LogP contribution is 2.48. The van der Waals surface area contributed by atoms with Crippen molar-refractivity contribution < 1.29 is 18.3 Å². The van der Waals surface area contributed by atoms with Gasteiger partial charge in [0.25, 0.3) is 0 Å². The molecule has 1 aromatic heterocycles. The van der Waals surface area contributed by atoms with Crippen molar-refractivity contribution in [3.05, 3.63) is 64.1 Å². The molecule has 0 spiro atoms. The fraction of sp³-hybridized carbons (Fsp3) is 0.433. The van der Waals surface area contributed by atoms with Gasteiger partial charge in [-0.1, -0.05) is 25.1 Å². The normalized spacial score (nSPS) is 21.1. The van der Waals surface area contributed by atoms with E-state index in [2.05, 4.69) is 23.4 Å². The van der Waals surface area contributed by atoms with Gasteiger partial charge in [0.05, 0.1) is 29.3 Å². The first-order valence-corrected chi connectivity index (χ1v) is 15.4.